The van der Waals surface area contributed by atoms with Crippen molar-refractivity contribution in [3.63, 3.8) is 0 Å². The van der Waals surface area contributed by atoms with Gasteiger partial charge in [-0.2, -0.15) is 0 Å². The van der Waals surface area contributed by atoms with Gasteiger partial charge in [0, 0.05) is 11.9 Å². The third-order valence-electron chi connectivity index (χ3n) is 2.66. The monoisotopic (exact) mass is 209 g/mol. The minimum absolute atomic E-state index is 0.968. The van der Waals surface area contributed by atoms with Gasteiger partial charge in [0.15, 0.2) is 0 Å². The molecule has 0 unspecified atom stereocenters. The maximum atomic E-state index is 4.34. The standard InChI is InChI=1S/C13H11N3/c1-10-2-4-11(5-3-10)16-9-15-12-6-7-14-8-13(12)16/h2-9H,1H3. The summed E-state index contributed by atoms with van der Waals surface area (Å²) < 4.78 is 2.04. The molecule has 0 radical (unpaired) electrons. The van der Waals surface area contributed by atoms with Crippen LogP contribution in [-0.4, -0.2) is 14.5 Å². The summed E-state index contributed by atoms with van der Waals surface area (Å²) in [6.45, 7) is 2.08. The maximum Gasteiger partial charge on any atom is 0.100 e. The third-order valence-corrected chi connectivity index (χ3v) is 2.66. The molecule has 0 fully saturated rings. The second-order valence-corrected chi connectivity index (χ2v) is 3.81. The van der Waals surface area contributed by atoms with Crippen molar-refractivity contribution in [1.82, 2.24) is 14.5 Å². The summed E-state index contributed by atoms with van der Waals surface area (Å²) in [5.41, 5.74) is 4.37. The number of hydrogen-bond donors (Lipinski definition) is 0. The van der Waals surface area contributed by atoms with E-state index in [1.165, 1.54) is 5.56 Å². The van der Waals surface area contributed by atoms with E-state index in [9.17, 15) is 0 Å². The van der Waals surface area contributed by atoms with Crippen LogP contribution in [0.25, 0.3) is 16.7 Å². The van der Waals surface area contributed by atoms with Gasteiger partial charge in [0.1, 0.15) is 6.33 Å². The van der Waals surface area contributed by atoms with Crippen LogP contribution < -0.4 is 0 Å². The Kier molecular flexibility index (Phi) is 1.96. The van der Waals surface area contributed by atoms with E-state index in [4.69, 9.17) is 0 Å². The van der Waals surface area contributed by atoms with Gasteiger partial charge in [-0.05, 0) is 25.1 Å². The average Bonchev–Trinajstić information content (AvgIpc) is 2.74. The van der Waals surface area contributed by atoms with Crippen molar-refractivity contribution >= 4 is 11.0 Å². The summed E-state index contributed by atoms with van der Waals surface area (Å²) in [6, 6.07) is 10.3. The molecule has 0 aliphatic rings. The molecule has 16 heavy (non-hydrogen) atoms. The number of benzene rings is 1. The van der Waals surface area contributed by atoms with E-state index in [0.29, 0.717) is 0 Å². The number of hydrogen-bond acceptors (Lipinski definition) is 2. The van der Waals surface area contributed by atoms with Gasteiger partial charge in [-0.3, -0.25) is 9.55 Å². The quantitative estimate of drug-likeness (QED) is 0.617. The van der Waals surface area contributed by atoms with Gasteiger partial charge < -0.3 is 0 Å². The normalized spacial score (nSPS) is 10.8. The molecular formula is C13H11N3. The van der Waals surface area contributed by atoms with E-state index in [1.54, 1.807) is 6.20 Å². The molecule has 0 N–H and O–H groups in total. The number of pyridine rings is 1. The van der Waals surface area contributed by atoms with E-state index in [1.807, 2.05) is 23.2 Å². The first-order valence-electron chi connectivity index (χ1n) is 5.19. The van der Waals surface area contributed by atoms with E-state index in [0.717, 1.165) is 16.7 Å². The fraction of sp³-hybridized carbons (Fsp3) is 0.0769. The first-order valence-corrected chi connectivity index (χ1v) is 5.19. The van der Waals surface area contributed by atoms with Gasteiger partial charge in [-0.1, -0.05) is 17.7 Å². The van der Waals surface area contributed by atoms with Crippen LogP contribution in [-0.2, 0) is 0 Å². The molecule has 3 rings (SSSR count). The average molecular weight is 209 g/mol. The van der Waals surface area contributed by atoms with E-state index < -0.39 is 0 Å². The number of fused-ring (bicyclic) bond motifs is 1. The number of aromatic nitrogens is 3. The van der Waals surface area contributed by atoms with Gasteiger partial charge >= 0.3 is 0 Å². The SMILES string of the molecule is Cc1ccc(-n2cnc3ccncc32)cc1. The van der Waals surface area contributed by atoms with Crippen molar-refractivity contribution in [2.75, 3.05) is 0 Å². The van der Waals surface area contributed by atoms with E-state index >= 15 is 0 Å². The highest BCUT2D eigenvalue weighted by atomic mass is 15.1. The van der Waals surface area contributed by atoms with Crippen molar-refractivity contribution in [3.8, 4) is 5.69 Å². The Labute approximate surface area is 93.4 Å². The molecule has 78 valence electrons. The topological polar surface area (TPSA) is 30.7 Å². The molecule has 2 aromatic heterocycles. The van der Waals surface area contributed by atoms with Crippen LogP contribution >= 0.6 is 0 Å². The van der Waals surface area contributed by atoms with E-state index in [2.05, 4.69) is 41.2 Å². The second-order valence-electron chi connectivity index (χ2n) is 3.81. The fourth-order valence-corrected chi connectivity index (χ4v) is 1.77. The molecule has 1 aromatic carbocycles. The lowest BCUT2D eigenvalue weighted by molar-refractivity contribution is 1.08. The van der Waals surface area contributed by atoms with Gasteiger partial charge in [-0.15, -0.1) is 0 Å². The number of aryl methyl sites for hydroxylation is 1. The highest BCUT2D eigenvalue weighted by Crippen LogP contribution is 2.16. The van der Waals surface area contributed by atoms with Crippen LogP contribution in [0.2, 0.25) is 0 Å². The largest absolute Gasteiger partial charge is 0.297 e. The molecule has 0 atom stereocenters. The molecular weight excluding hydrogens is 198 g/mol. The lowest BCUT2D eigenvalue weighted by Gasteiger charge is -2.03. The molecule has 2 heterocycles. The summed E-state index contributed by atoms with van der Waals surface area (Å²) in [4.78, 5) is 8.47. The number of imidazole rings is 1. The zero-order chi connectivity index (χ0) is 11.0. The Morgan fingerprint density at radius 3 is 2.69 bits per heavy atom. The zero-order valence-electron chi connectivity index (χ0n) is 8.96. The summed E-state index contributed by atoms with van der Waals surface area (Å²) in [5, 5.41) is 0. The summed E-state index contributed by atoms with van der Waals surface area (Å²) in [7, 11) is 0. The number of rotatable bonds is 1. The molecule has 3 nitrogen and oxygen atoms in total. The van der Waals surface area contributed by atoms with Gasteiger partial charge in [-0.25, -0.2) is 4.98 Å². The Morgan fingerprint density at radius 2 is 1.88 bits per heavy atom. The lowest BCUT2D eigenvalue weighted by atomic mass is 10.2. The third kappa shape index (κ3) is 1.37. The minimum Gasteiger partial charge on any atom is -0.297 e. The molecule has 0 spiro atoms. The molecule has 3 heteroatoms. The molecule has 0 saturated heterocycles. The van der Waals surface area contributed by atoms with Crippen molar-refractivity contribution in [3.05, 3.63) is 54.6 Å². The van der Waals surface area contributed by atoms with Crippen molar-refractivity contribution in [2.24, 2.45) is 0 Å². The predicted molar refractivity (Wildman–Crippen MR) is 63.6 cm³/mol. The van der Waals surface area contributed by atoms with Crippen LogP contribution in [0, 0.1) is 6.92 Å². The maximum absolute atomic E-state index is 4.34. The summed E-state index contributed by atoms with van der Waals surface area (Å²) in [5.74, 6) is 0. The molecule has 0 bridgehead atoms. The highest BCUT2D eigenvalue weighted by Gasteiger charge is 2.03. The Morgan fingerprint density at radius 1 is 1.06 bits per heavy atom. The molecule has 0 aliphatic heterocycles. The van der Waals surface area contributed by atoms with Crippen molar-refractivity contribution in [2.45, 2.75) is 6.92 Å². The van der Waals surface area contributed by atoms with Crippen LogP contribution in [0.3, 0.4) is 0 Å². The highest BCUT2D eigenvalue weighted by molar-refractivity contribution is 5.75. The van der Waals surface area contributed by atoms with Gasteiger partial charge in [0.05, 0.1) is 17.2 Å². The smallest absolute Gasteiger partial charge is 0.100 e. The first-order chi connectivity index (χ1) is 7.84. The van der Waals surface area contributed by atoms with Crippen LogP contribution in [0.15, 0.2) is 49.1 Å². The molecule has 3 aromatic rings. The molecule has 0 aliphatic carbocycles. The van der Waals surface area contributed by atoms with Crippen molar-refractivity contribution in [1.29, 1.82) is 0 Å². The first kappa shape index (κ1) is 9.09. The summed E-state index contributed by atoms with van der Waals surface area (Å²) in [6.07, 6.45) is 5.42. The Bertz CT molecular complexity index is 623. The van der Waals surface area contributed by atoms with E-state index in [-0.39, 0.29) is 0 Å². The minimum atomic E-state index is 0.968. The fourth-order valence-electron chi connectivity index (χ4n) is 1.77. The second kappa shape index (κ2) is 3.45. The van der Waals surface area contributed by atoms with Gasteiger partial charge in [0.25, 0.3) is 0 Å². The van der Waals surface area contributed by atoms with Crippen molar-refractivity contribution < 1.29 is 0 Å². The molecule has 0 amide bonds. The molecule has 0 saturated carbocycles. The Balaban J connectivity index is 2.22. The van der Waals surface area contributed by atoms with Crippen LogP contribution in [0.1, 0.15) is 5.56 Å². The Hall–Kier alpha value is -2.16. The van der Waals surface area contributed by atoms with Crippen LogP contribution in [0.5, 0.6) is 0 Å². The summed E-state index contributed by atoms with van der Waals surface area (Å²) >= 11 is 0. The lowest BCUT2D eigenvalue weighted by Crippen LogP contribution is -1.91. The number of nitrogens with zero attached hydrogens (tertiary/aromatic N) is 3. The zero-order valence-corrected chi connectivity index (χ0v) is 8.96. The predicted octanol–water partition coefficient (Wildman–Crippen LogP) is 2.73. The van der Waals surface area contributed by atoms with Crippen LogP contribution in [0.4, 0.5) is 0 Å². The van der Waals surface area contributed by atoms with Gasteiger partial charge in [0.2, 0.25) is 0 Å².